The Labute approximate surface area is 165 Å². The van der Waals surface area contributed by atoms with Crippen molar-refractivity contribution in [3.63, 3.8) is 0 Å². The molecule has 3 aliphatic rings. The van der Waals surface area contributed by atoms with E-state index in [2.05, 4.69) is 6.07 Å². The molecule has 1 aromatic rings. The molecule has 4 rings (SSSR count). The van der Waals surface area contributed by atoms with Gasteiger partial charge in [0, 0.05) is 30.5 Å². The van der Waals surface area contributed by atoms with Crippen molar-refractivity contribution in [3.05, 3.63) is 77.4 Å². The molecule has 2 aliphatic carbocycles. The maximum atomic E-state index is 13.5. The number of carbonyl (C=O) groups excluding carboxylic acids is 1. The average Bonchev–Trinajstić information content (AvgIpc) is 2.88. The van der Waals surface area contributed by atoms with Gasteiger partial charge >= 0.3 is 0 Å². The van der Waals surface area contributed by atoms with Crippen LogP contribution in [0.3, 0.4) is 0 Å². The van der Waals surface area contributed by atoms with Crippen LogP contribution in [0.2, 0.25) is 0 Å². The molecule has 28 heavy (non-hydrogen) atoms. The highest BCUT2D eigenvalue weighted by molar-refractivity contribution is 7.90. The van der Waals surface area contributed by atoms with Crippen molar-refractivity contribution in [1.29, 1.82) is 0 Å². The van der Waals surface area contributed by atoms with Crippen molar-refractivity contribution in [2.75, 3.05) is 19.3 Å². The zero-order valence-electron chi connectivity index (χ0n) is 15.6. The van der Waals surface area contributed by atoms with E-state index in [1.807, 2.05) is 30.3 Å². The average molecular weight is 394 g/mol. The van der Waals surface area contributed by atoms with E-state index >= 15 is 0 Å². The molecule has 0 saturated heterocycles. The molecule has 1 aromatic carbocycles. The topological polar surface area (TPSA) is 80.5 Å². The molecule has 0 aromatic heterocycles. The number of benzene rings is 1. The Balaban J connectivity index is 1.82. The molecule has 144 valence electrons. The molecule has 0 fully saturated rings. The minimum absolute atomic E-state index is 0.184. The van der Waals surface area contributed by atoms with Gasteiger partial charge in [0.2, 0.25) is 0 Å². The number of rotatable bonds is 3. The van der Waals surface area contributed by atoms with Crippen LogP contribution >= 0.6 is 0 Å². The number of fused-ring (bicyclic) bond motifs is 2. The Bertz CT molecular complexity index is 1120. The molecule has 1 atom stereocenters. The lowest BCUT2D eigenvalue weighted by molar-refractivity contribution is 0.0669. The number of hydrogen-bond donors (Lipinski definition) is 1. The number of amides is 1. The third-order valence-corrected chi connectivity index (χ3v) is 6.53. The predicted octanol–water partition coefficient (Wildman–Crippen LogP) is 2.89. The first-order chi connectivity index (χ1) is 13.4. The Morgan fingerprint density at radius 3 is 2.46 bits per heavy atom. The standard InChI is InChI=1S/C22H22N2O3S/c1-28(26,27)21-13-19(17-9-3-2-4-10-18(17)21)22(25)24-12-11-15-7-5-6-8-16(15)20(24)14-23/h2-10,13,20H,11-12,14,23H2,1H3. The maximum absolute atomic E-state index is 13.5. The highest BCUT2D eigenvalue weighted by Crippen LogP contribution is 2.37. The van der Waals surface area contributed by atoms with Crippen molar-refractivity contribution in [1.82, 2.24) is 4.90 Å². The second-order valence-corrected chi connectivity index (χ2v) is 9.12. The molecular formula is C22H22N2O3S. The van der Waals surface area contributed by atoms with Gasteiger partial charge in [-0.15, -0.1) is 0 Å². The van der Waals surface area contributed by atoms with Gasteiger partial charge < -0.3 is 10.6 Å². The fraction of sp³-hybridized carbons (Fsp3) is 0.227. The van der Waals surface area contributed by atoms with E-state index in [1.165, 1.54) is 17.9 Å². The van der Waals surface area contributed by atoms with Crippen LogP contribution in [0.25, 0.3) is 11.1 Å². The number of carbonyl (C=O) groups is 1. The molecule has 2 N–H and O–H groups in total. The van der Waals surface area contributed by atoms with E-state index in [1.54, 1.807) is 23.1 Å². The fourth-order valence-electron chi connectivity index (χ4n) is 4.07. The minimum Gasteiger partial charge on any atom is -0.330 e. The molecule has 1 heterocycles. The summed E-state index contributed by atoms with van der Waals surface area (Å²) in [5.74, 6) is -0.184. The van der Waals surface area contributed by atoms with Crippen LogP contribution in [-0.4, -0.2) is 38.6 Å². The molecule has 0 saturated carbocycles. The Hall–Kier alpha value is -2.70. The molecule has 5 nitrogen and oxygen atoms in total. The molecule has 0 radical (unpaired) electrons. The zero-order chi connectivity index (χ0) is 19.9. The third-order valence-electron chi connectivity index (χ3n) is 5.40. The Kier molecular flexibility index (Phi) is 4.69. The zero-order valence-corrected chi connectivity index (χ0v) is 16.4. The molecular weight excluding hydrogens is 372 g/mol. The number of nitrogens with two attached hydrogens (primary N) is 1. The van der Waals surface area contributed by atoms with Crippen LogP contribution < -0.4 is 5.73 Å². The number of nitrogens with zero attached hydrogens (tertiary/aromatic N) is 1. The van der Waals surface area contributed by atoms with Crippen molar-refractivity contribution >= 4 is 15.7 Å². The number of hydrogen-bond acceptors (Lipinski definition) is 4. The van der Waals surface area contributed by atoms with Crippen LogP contribution in [-0.2, 0) is 16.3 Å². The van der Waals surface area contributed by atoms with Crippen LogP contribution in [0.5, 0.6) is 0 Å². The quantitative estimate of drug-likeness (QED) is 0.741. The van der Waals surface area contributed by atoms with Crippen molar-refractivity contribution in [3.8, 4) is 11.1 Å². The van der Waals surface area contributed by atoms with Crippen LogP contribution in [0.4, 0.5) is 0 Å². The molecule has 0 spiro atoms. The van der Waals surface area contributed by atoms with Gasteiger partial charge in [-0.3, -0.25) is 4.79 Å². The summed E-state index contributed by atoms with van der Waals surface area (Å²) >= 11 is 0. The maximum Gasteiger partial charge on any atom is 0.255 e. The van der Waals surface area contributed by atoms with Gasteiger partial charge in [0.05, 0.1) is 10.9 Å². The van der Waals surface area contributed by atoms with E-state index < -0.39 is 9.84 Å². The summed E-state index contributed by atoms with van der Waals surface area (Å²) in [5, 5.41) is 0. The smallest absolute Gasteiger partial charge is 0.255 e. The predicted molar refractivity (Wildman–Crippen MR) is 109 cm³/mol. The highest BCUT2D eigenvalue weighted by Gasteiger charge is 2.33. The summed E-state index contributed by atoms with van der Waals surface area (Å²) in [7, 11) is -3.47. The second kappa shape index (κ2) is 7.04. The van der Waals surface area contributed by atoms with Gasteiger partial charge in [-0.25, -0.2) is 8.42 Å². The lowest BCUT2D eigenvalue weighted by atomic mass is 9.92. The van der Waals surface area contributed by atoms with Crippen molar-refractivity contribution in [2.24, 2.45) is 5.73 Å². The molecule has 1 unspecified atom stereocenters. The summed E-state index contributed by atoms with van der Waals surface area (Å²) in [6.07, 6.45) is 1.92. The van der Waals surface area contributed by atoms with E-state index in [0.29, 0.717) is 29.8 Å². The lowest BCUT2D eigenvalue weighted by Gasteiger charge is -2.37. The van der Waals surface area contributed by atoms with Gasteiger partial charge in [0.15, 0.2) is 9.84 Å². The van der Waals surface area contributed by atoms with Gasteiger partial charge in [-0.1, -0.05) is 54.6 Å². The summed E-state index contributed by atoms with van der Waals surface area (Å²) in [6, 6.07) is 18.3. The Morgan fingerprint density at radius 2 is 1.75 bits per heavy atom. The summed E-state index contributed by atoms with van der Waals surface area (Å²) in [6.45, 7) is 0.867. The molecule has 1 aliphatic heterocycles. The van der Waals surface area contributed by atoms with E-state index in [0.717, 1.165) is 12.0 Å². The van der Waals surface area contributed by atoms with E-state index in [-0.39, 0.29) is 16.8 Å². The largest absolute Gasteiger partial charge is 0.330 e. The van der Waals surface area contributed by atoms with Crippen LogP contribution in [0.15, 0.2) is 65.6 Å². The molecule has 1 amide bonds. The van der Waals surface area contributed by atoms with Gasteiger partial charge in [0.1, 0.15) is 0 Å². The van der Waals surface area contributed by atoms with E-state index in [9.17, 15) is 13.2 Å². The van der Waals surface area contributed by atoms with Gasteiger partial charge in [-0.2, -0.15) is 0 Å². The van der Waals surface area contributed by atoms with Crippen molar-refractivity contribution < 1.29 is 13.2 Å². The lowest BCUT2D eigenvalue weighted by Crippen LogP contribution is -2.43. The first-order valence-electron chi connectivity index (χ1n) is 9.22. The monoisotopic (exact) mass is 394 g/mol. The first-order valence-corrected chi connectivity index (χ1v) is 11.1. The first kappa shape index (κ1) is 18.7. The summed E-state index contributed by atoms with van der Waals surface area (Å²) < 4.78 is 24.6. The molecule has 6 heteroatoms. The van der Waals surface area contributed by atoms with E-state index in [4.69, 9.17) is 5.73 Å². The van der Waals surface area contributed by atoms with Crippen LogP contribution in [0, 0.1) is 0 Å². The SMILES string of the molecule is CS(=O)(=O)c1cc(C(=O)N2CCc3ccccc3C2CN)c2cccccc1-2. The minimum atomic E-state index is -3.47. The highest BCUT2D eigenvalue weighted by atomic mass is 32.2. The third kappa shape index (κ3) is 3.08. The molecule has 0 bridgehead atoms. The van der Waals surface area contributed by atoms with Gasteiger partial charge in [-0.05, 0) is 29.2 Å². The van der Waals surface area contributed by atoms with Crippen LogP contribution in [0.1, 0.15) is 27.5 Å². The summed E-state index contributed by atoms with van der Waals surface area (Å²) in [4.78, 5) is 15.5. The fourth-order valence-corrected chi connectivity index (χ4v) is 4.98. The Morgan fingerprint density at radius 1 is 1.07 bits per heavy atom. The van der Waals surface area contributed by atoms with Crippen molar-refractivity contribution in [2.45, 2.75) is 17.4 Å². The normalized spacial score (nSPS) is 16.8. The number of sulfone groups is 1. The second-order valence-electron chi connectivity index (χ2n) is 7.13. The summed E-state index contributed by atoms with van der Waals surface area (Å²) in [5.41, 5.74) is 9.93. The van der Waals surface area contributed by atoms with Gasteiger partial charge in [0.25, 0.3) is 5.91 Å².